The number of carbonyl (C=O) groups excluding carboxylic acids is 2. The molecule has 0 atom stereocenters. The third-order valence-electron chi connectivity index (χ3n) is 4.90. The quantitative estimate of drug-likeness (QED) is 0.579. The first-order valence-electron chi connectivity index (χ1n) is 10.1. The van der Waals surface area contributed by atoms with Crippen molar-refractivity contribution in [2.75, 3.05) is 33.3 Å². The molecule has 168 valence electrons. The molecule has 0 aliphatic carbocycles. The SMILES string of the molecule is COc1ccc(C(=O)OCC(=O)Nc2c(C(C)C)cccc2C(C)C)c(OC)c1OC. The van der Waals surface area contributed by atoms with Gasteiger partial charge in [-0.15, -0.1) is 0 Å². The molecule has 0 aliphatic heterocycles. The van der Waals surface area contributed by atoms with Crippen LogP contribution in [0.4, 0.5) is 5.69 Å². The molecule has 1 N–H and O–H groups in total. The third kappa shape index (κ3) is 5.48. The molecule has 0 unspecified atom stereocenters. The molecule has 31 heavy (non-hydrogen) atoms. The molecule has 0 fully saturated rings. The fourth-order valence-corrected chi connectivity index (χ4v) is 3.34. The molecule has 0 aromatic heterocycles. The number of hydrogen-bond acceptors (Lipinski definition) is 6. The summed E-state index contributed by atoms with van der Waals surface area (Å²) in [4.78, 5) is 25.2. The van der Waals surface area contributed by atoms with Crippen LogP contribution < -0.4 is 19.5 Å². The highest BCUT2D eigenvalue weighted by Crippen LogP contribution is 2.40. The second-order valence-corrected chi connectivity index (χ2v) is 7.63. The van der Waals surface area contributed by atoms with Gasteiger partial charge in [0.2, 0.25) is 5.75 Å². The van der Waals surface area contributed by atoms with E-state index in [9.17, 15) is 9.59 Å². The summed E-state index contributed by atoms with van der Waals surface area (Å²) in [5.74, 6) is 0.216. The Balaban J connectivity index is 2.19. The Hall–Kier alpha value is -3.22. The number of ether oxygens (including phenoxy) is 4. The van der Waals surface area contributed by atoms with Crippen LogP contribution in [0.1, 0.15) is 61.0 Å². The molecule has 0 radical (unpaired) electrons. The minimum atomic E-state index is -0.700. The predicted octanol–water partition coefficient (Wildman–Crippen LogP) is 4.75. The van der Waals surface area contributed by atoms with E-state index >= 15 is 0 Å². The number of hydrogen-bond donors (Lipinski definition) is 1. The number of carbonyl (C=O) groups is 2. The van der Waals surface area contributed by atoms with Crippen LogP contribution in [0.5, 0.6) is 17.2 Å². The van der Waals surface area contributed by atoms with Crippen LogP contribution in [0.2, 0.25) is 0 Å². The Morgan fingerprint density at radius 2 is 1.42 bits per heavy atom. The van der Waals surface area contributed by atoms with Crippen LogP contribution in [0.15, 0.2) is 30.3 Å². The summed E-state index contributed by atoms with van der Waals surface area (Å²) in [6, 6.07) is 9.06. The normalized spacial score (nSPS) is 10.7. The van der Waals surface area contributed by atoms with Crippen molar-refractivity contribution in [1.29, 1.82) is 0 Å². The average molecular weight is 430 g/mol. The van der Waals surface area contributed by atoms with Crippen molar-refractivity contribution in [3.8, 4) is 17.2 Å². The van der Waals surface area contributed by atoms with Gasteiger partial charge in [-0.25, -0.2) is 4.79 Å². The highest BCUT2D eigenvalue weighted by Gasteiger charge is 2.23. The van der Waals surface area contributed by atoms with Crippen LogP contribution >= 0.6 is 0 Å². The highest BCUT2D eigenvalue weighted by atomic mass is 16.5. The number of benzene rings is 2. The molecular weight excluding hydrogens is 398 g/mol. The van der Waals surface area contributed by atoms with Gasteiger partial charge < -0.3 is 24.3 Å². The number of amides is 1. The minimum Gasteiger partial charge on any atom is -0.493 e. The summed E-state index contributed by atoms with van der Waals surface area (Å²) in [7, 11) is 4.35. The average Bonchev–Trinajstić information content (AvgIpc) is 2.75. The first kappa shape index (κ1) is 24.1. The topological polar surface area (TPSA) is 83.1 Å². The van der Waals surface area contributed by atoms with Gasteiger partial charge in [-0.3, -0.25) is 4.79 Å². The van der Waals surface area contributed by atoms with Crippen LogP contribution in [0, 0.1) is 0 Å². The van der Waals surface area contributed by atoms with Gasteiger partial charge in [0.1, 0.15) is 5.56 Å². The van der Waals surface area contributed by atoms with E-state index in [1.165, 1.54) is 27.4 Å². The van der Waals surface area contributed by atoms with E-state index < -0.39 is 18.5 Å². The summed E-state index contributed by atoms with van der Waals surface area (Å²) < 4.78 is 21.1. The van der Waals surface area contributed by atoms with Crippen molar-refractivity contribution in [2.24, 2.45) is 0 Å². The maximum Gasteiger partial charge on any atom is 0.342 e. The number of methoxy groups -OCH3 is 3. The van der Waals surface area contributed by atoms with E-state index in [1.807, 2.05) is 18.2 Å². The molecular formula is C24H31NO6. The maximum absolute atomic E-state index is 12.6. The summed E-state index contributed by atoms with van der Waals surface area (Å²) in [6.07, 6.45) is 0. The Bertz CT molecular complexity index is 910. The lowest BCUT2D eigenvalue weighted by Gasteiger charge is -2.20. The fraction of sp³-hybridized carbons (Fsp3) is 0.417. The van der Waals surface area contributed by atoms with E-state index in [0.717, 1.165) is 16.8 Å². The predicted molar refractivity (Wildman–Crippen MR) is 120 cm³/mol. The van der Waals surface area contributed by atoms with Gasteiger partial charge >= 0.3 is 5.97 Å². The van der Waals surface area contributed by atoms with Gasteiger partial charge in [0.25, 0.3) is 5.91 Å². The lowest BCUT2D eigenvalue weighted by atomic mass is 9.92. The Morgan fingerprint density at radius 1 is 0.839 bits per heavy atom. The summed E-state index contributed by atoms with van der Waals surface area (Å²) >= 11 is 0. The van der Waals surface area contributed by atoms with E-state index in [4.69, 9.17) is 18.9 Å². The van der Waals surface area contributed by atoms with Crippen LogP contribution in [-0.2, 0) is 9.53 Å². The maximum atomic E-state index is 12.6. The van der Waals surface area contributed by atoms with Crippen molar-refractivity contribution in [3.05, 3.63) is 47.0 Å². The van der Waals surface area contributed by atoms with E-state index in [1.54, 1.807) is 6.07 Å². The van der Waals surface area contributed by atoms with Gasteiger partial charge in [-0.05, 0) is 35.1 Å². The number of anilines is 1. The van der Waals surface area contributed by atoms with Crippen molar-refractivity contribution < 1.29 is 28.5 Å². The molecule has 0 spiro atoms. The first-order chi connectivity index (χ1) is 14.7. The second-order valence-electron chi connectivity index (χ2n) is 7.63. The summed E-state index contributed by atoms with van der Waals surface area (Å²) in [6.45, 7) is 7.84. The molecule has 2 aromatic rings. The van der Waals surface area contributed by atoms with Crippen LogP contribution in [-0.4, -0.2) is 39.8 Å². The number of esters is 1. The molecule has 7 nitrogen and oxygen atoms in total. The highest BCUT2D eigenvalue weighted by molar-refractivity contribution is 5.98. The molecule has 0 aliphatic rings. The Labute approximate surface area is 183 Å². The molecule has 0 bridgehead atoms. The number of para-hydroxylation sites is 1. The van der Waals surface area contributed by atoms with Gasteiger partial charge in [0.05, 0.1) is 21.3 Å². The summed E-state index contributed by atoms with van der Waals surface area (Å²) in [5, 5.41) is 2.93. The van der Waals surface area contributed by atoms with Gasteiger partial charge in [-0.2, -0.15) is 0 Å². The van der Waals surface area contributed by atoms with Crippen LogP contribution in [0.25, 0.3) is 0 Å². The first-order valence-corrected chi connectivity index (χ1v) is 10.1. The molecule has 7 heteroatoms. The standard InChI is InChI=1S/C24H31NO6/c1-14(2)16-9-8-10-17(15(3)4)21(16)25-20(26)13-31-24(27)18-11-12-19(28-5)23(30-7)22(18)29-6/h8-12,14-15H,13H2,1-7H3,(H,25,26). The third-order valence-corrected chi connectivity index (χ3v) is 4.90. The van der Waals surface area contributed by atoms with Crippen molar-refractivity contribution >= 4 is 17.6 Å². The van der Waals surface area contributed by atoms with Crippen LogP contribution in [0.3, 0.4) is 0 Å². The lowest BCUT2D eigenvalue weighted by Crippen LogP contribution is -2.23. The van der Waals surface area contributed by atoms with E-state index in [0.29, 0.717) is 5.75 Å². The zero-order valence-electron chi connectivity index (χ0n) is 19.2. The minimum absolute atomic E-state index is 0.137. The number of nitrogens with one attached hydrogen (secondary N) is 1. The molecule has 0 saturated heterocycles. The van der Waals surface area contributed by atoms with Crippen molar-refractivity contribution in [3.63, 3.8) is 0 Å². The number of rotatable bonds is 9. The lowest BCUT2D eigenvalue weighted by molar-refractivity contribution is -0.119. The largest absolute Gasteiger partial charge is 0.493 e. The van der Waals surface area contributed by atoms with Gasteiger partial charge in [-0.1, -0.05) is 45.9 Å². The molecule has 0 saturated carbocycles. The second kappa shape index (κ2) is 10.7. The fourth-order valence-electron chi connectivity index (χ4n) is 3.34. The van der Waals surface area contributed by atoms with Crippen molar-refractivity contribution in [2.45, 2.75) is 39.5 Å². The van der Waals surface area contributed by atoms with E-state index in [-0.39, 0.29) is 28.9 Å². The molecule has 2 rings (SSSR count). The van der Waals surface area contributed by atoms with Gasteiger partial charge in [0.15, 0.2) is 18.1 Å². The smallest absolute Gasteiger partial charge is 0.342 e. The zero-order chi connectivity index (χ0) is 23.1. The van der Waals surface area contributed by atoms with Gasteiger partial charge in [0, 0.05) is 5.69 Å². The molecule has 0 heterocycles. The van der Waals surface area contributed by atoms with Crippen molar-refractivity contribution in [1.82, 2.24) is 0 Å². The Morgan fingerprint density at radius 3 is 1.90 bits per heavy atom. The zero-order valence-corrected chi connectivity index (χ0v) is 19.2. The monoisotopic (exact) mass is 429 g/mol. The molecule has 2 aromatic carbocycles. The Kier molecular flexibility index (Phi) is 8.30. The van der Waals surface area contributed by atoms with E-state index in [2.05, 4.69) is 33.0 Å². The summed E-state index contributed by atoms with van der Waals surface area (Å²) in [5.41, 5.74) is 2.98. The molecule has 1 amide bonds.